The quantitative estimate of drug-likeness (QED) is 0.347. The van der Waals surface area contributed by atoms with Gasteiger partial charge in [0.15, 0.2) is 5.96 Å². The van der Waals surface area contributed by atoms with Crippen LogP contribution in [0.4, 0.5) is 10.1 Å². The van der Waals surface area contributed by atoms with Crippen LogP contribution >= 0.6 is 0 Å². The van der Waals surface area contributed by atoms with Crippen molar-refractivity contribution in [2.45, 2.75) is 26.2 Å². The predicted molar refractivity (Wildman–Crippen MR) is 94.7 cm³/mol. The van der Waals surface area contributed by atoms with Gasteiger partial charge in [-0.05, 0) is 31.0 Å². The number of carbonyl (C=O) groups is 1. The fourth-order valence-electron chi connectivity index (χ4n) is 1.89. The van der Waals surface area contributed by atoms with E-state index in [1.54, 1.807) is 19.2 Å². The summed E-state index contributed by atoms with van der Waals surface area (Å²) in [6, 6.07) is 5.77. The van der Waals surface area contributed by atoms with Crippen molar-refractivity contribution < 1.29 is 13.9 Å². The summed E-state index contributed by atoms with van der Waals surface area (Å²) >= 11 is 0. The third kappa shape index (κ3) is 9.09. The van der Waals surface area contributed by atoms with E-state index >= 15 is 0 Å². The molecular weight excluding hydrogens is 311 g/mol. The third-order valence-electron chi connectivity index (χ3n) is 3.15. The standard InChI is InChI=1S/C17H27FN4O2/c1-3-4-10-24-11-6-9-20-17(19-2)21-13-16(23)22-15-8-5-7-14(18)12-15/h5,7-8,12H,3-4,6,9-11,13H2,1-2H3,(H,22,23)(H2,19,20,21). The Balaban J connectivity index is 2.18. The molecule has 0 spiro atoms. The second-order valence-corrected chi connectivity index (χ2v) is 5.23. The maximum atomic E-state index is 13.1. The largest absolute Gasteiger partial charge is 0.381 e. The molecule has 24 heavy (non-hydrogen) atoms. The van der Waals surface area contributed by atoms with Crippen LogP contribution in [0.5, 0.6) is 0 Å². The van der Waals surface area contributed by atoms with Crippen molar-refractivity contribution in [1.29, 1.82) is 0 Å². The molecule has 0 aliphatic heterocycles. The number of rotatable bonds is 10. The first-order valence-corrected chi connectivity index (χ1v) is 8.23. The van der Waals surface area contributed by atoms with Crippen LogP contribution in [-0.4, -0.2) is 45.2 Å². The number of amides is 1. The van der Waals surface area contributed by atoms with Crippen LogP contribution < -0.4 is 16.0 Å². The van der Waals surface area contributed by atoms with E-state index in [0.717, 1.165) is 25.9 Å². The van der Waals surface area contributed by atoms with Crippen LogP contribution in [0, 0.1) is 5.82 Å². The van der Waals surface area contributed by atoms with E-state index in [1.807, 2.05) is 0 Å². The van der Waals surface area contributed by atoms with E-state index < -0.39 is 0 Å². The van der Waals surface area contributed by atoms with Crippen LogP contribution in [0.2, 0.25) is 0 Å². The summed E-state index contributed by atoms with van der Waals surface area (Å²) in [5.74, 6) is -0.121. The molecule has 0 aliphatic carbocycles. The van der Waals surface area contributed by atoms with Crippen molar-refractivity contribution >= 4 is 17.6 Å². The van der Waals surface area contributed by atoms with Gasteiger partial charge >= 0.3 is 0 Å². The van der Waals surface area contributed by atoms with E-state index in [0.29, 0.717) is 24.8 Å². The summed E-state index contributed by atoms with van der Waals surface area (Å²) in [5.41, 5.74) is 0.425. The Morgan fingerprint density at radius 2 is 2.04 bits per heavy atom. The first kappa shape index (κ1) is 19.9. The van der Waals surface area contributed by atoms with Crippen molar-refractivity contribution in [3.63, 3.8) is 0 Å². The van der Waals surface area contributed by atoms with E-state index in [2.05, 4.69) is 27.9 Å². The van der Waals surface area contributed by atoms with Crippen molar-refractivity contribution in [3.8, 4) is 0 Å². The minimum absolute atomic E-state index is 0.0448. The highest BCUT2D eigenvalue weighted by Crippen LogP contribution is 2.08. The average Bonchev–Trinajstić information content (AvgIpc) is 2.56. The van der Waals surface area contributed by atoms with Crippen LogP contribution in [-0.2, 0) is 9.53 Å². The molecule has 0 atom stereocenters. The highest BCUT2D eigenvalue weighted by atomic mass is 19.1. The molecule has 1 amide bonds. The summed E-state index contributed by atoms with van der Waals surface area (Å²) in [6.45, 7) is 4.37. The molecule has 7 heteroatoms. The van der Waals surface area contributed by atoms with E-state index in [1.165, 1.54) is 12.1 Å². The lowest BCUT2D eigenvalue weighted by Gasteiger charge is -2.12. The molecule has 0 aromatic heterocycles. The number of guanidine groups is 1. The number of hydrogen-bond acceptors (Lipinski definition) is 3. The lowest BCUT2D eigenvalue weighted by Crippen LogP contribution is -2.41. The molecule has 0 heterocycles. The third-order valence-corrected chi connectivity index (χ3v) is 3.15. The second kappa shape index (κ2) is 12.3. The molecule has 0 aliphatic rings. The van der Waals surface area contributed by atoms with Crippen molar-refractivity contribution in [3.05, 3.63) is 30.1 Å². The molecule has 0 saturated heterocycles. The number of nitrogens with one attached hydrogen (secondary N) is 3. The summed E-state index contributed by atoms with van der Waals surface area (Å²) in [4.78, 5) is 15.9. The molecule has 0 radical (unpaired) electrons. The van der Waals surface area contributed by atoms with Gasteiger partial charge in [0.2, 0.25) is 5.91 Å². The SMILES string of the molecule is CCCCOCCCNC(=NC)NCC(=O)Nc1cccc(F)c1. The summed E-state index contributed by atoms with van der Waals surface area (Å²) in [6.07, 6.45) is 3.07. The zero-order valence-electron chi connectivity index (χ0n) is 14.4. The van der Waals surface area contributed by atoms with E-state index in [-0.39, 0.29) is 18.3 Å². The van der Waals surface area contributed by atoms with Gasteiger partial charge in [-0.3, -0.25) is 9.79 Å². The average molecular weight is 338 g/mol. The Hall–Kier alpha value is -2.15. The monoisotopic (exact) mass is 338 g/mol. The highest BCUT2D eigenvalue weighted by molar-refractivity contribution is 5.94. The first-order valence-electron chi connectivity index (χ1n) is 8.23. The number of hydrogen-bond donors (Lipinski definition) is 3. The fraction of sp³-hybridized carbons (Fsp3) is 0.529. The highest BCUT2D eigenvalue weighted by Gasteiger charge is 2.04. The molecule has 134 valence electrons. The zero-order chi connectivity index (χ0) is 17.6. The molecule has 1 aromatic rings. The number of unbranched alkanes of at least 4 members (excludes halogenated alkanes) is 1. The van der Waals surface area contributed by atoms with Gasteiger partial charge in [-0.15, -0.1) is 0 Å². The van der Waals surface area contributed by atoms with Crippen molar-refractivity contribution in [2.75, 3.05) is 38.7 Å². The van der Waals surface area contributed by atoms with Crippen LogP contribution in [0.1, 0.15) is 26.2 Å². The molecule has 0 saturated carbocycles. The van der Waals surface area contributed by atoms with Gasteiger partial charge in [-0.2, -0.15) is 0 Å². The summed E-state index contributed by atoms with van der Waals surface area (Å²) in [7, 11) is 1.64. The minimum atomic E-state index is -0.389. The summed E-state index contributed by atoms with van der Waals surface area (Å²) < 4.78 is 18.5. The normalized spacial score (nSPS) is 11.2. The molecular formula is C17H27FN4O2. The van der Waals surface area contributed by atoms with Gasteiger partial charge < -0.3 is 20.7 Å². The Morgan fingerprint density at radius 1 is 1.25 bits per heavy atom. The van der Waals surface area contributed by atoms with Crippen LogP contribution in [0.3, 0.4) is 0 Å². The molecule has 0 unspecified atom stereocenters. The van der Waals surface area contributed by atoms with E-state index in [9.17, 15) is 9.18 Å². The molecule has 1 aromatic carbocycles. The number of anilines is 1. The van der Waals surface area contributed by atoms with Gasteiger partial charge in [0.25, 0.3) is 0 Å². The number of aliphatic imine (C=N–C) groups is 1. The summed E-state index contributed by atoms with van der Waals surface area (Å²) in [5, 5.41) is 8.63. The molecule has 3 N–H and O–H groups in total. The maximum Gasteiger partial charge on any atom is 0.243 e. The Bertz CT molecular complexity index is 523. The van der Waals surface area contributed by atoms with Gasteiger partial charge in [0.05, 0.1) is 6.54 Å². The lowest BCUT2D eigenvalue weighted by atomic mass is 10.3. The number of halogens is 1. The first-order chi connectivity index (χ1) is 11.7. The molecule has 0 bridgehead atoms. The Kier molecular flexibility index (Phi) is 10.2. The van der Waals surface area contributed by atoms with E-state index in [4.69, 9.17) is 4.74 Å². The van der Waals surface area contributed by atoms with Gasteiger partial charge in [0, 0.05) is 32.5 Å². The van der Waals surface area contributed by atoms with Gasteiger partial charge in [-0.1, -0.05) is 19.4 Å². The number of nitrogens with zero attached hydrogens (tertiary/aromatic N) is 1. The molecule has 0 fully saturated rings. The van der Waals surface area contributed by atoms with Crippen molar-refractivity contribution in [1.82, 2.24) is 10.6 Å². The maximum absolute atomic E-state index is 13.1. The van der Waals surface area contributed by atoms with Gasteiger partial charge in [0.1, 0.15) is 5.82 Å². The van der Waals surface area contributed by atoms with Gasteiger partial charge in [-0.25, -0.2) is 4.39 Å². The second-order valence-electron chi connectivity index (χ2n) is 5.23. The number of benzene rings is 1. The minimum Gasteiger partial charge on any atom is -0.381 e. The zero-order valence-corrected chi connectivity index (χ0v) is 14.4. The molecule has 1 rings (SSSR count). The Labute approximate surface area is 142 Å². The van der Waals surface area contributed by atoms with Crippen LogP contribution in [0.15, 0.2) is 29.3 Å². The number of ether oxygens (including phenoxy) is 1. The van der Waals surface area contributed by atoms with Crippen molar-refractivity contribution in [2.24, 2.45) is 4.99 Å². The fourth-order valence-corrected chi connectivity index (χ4v) is 1.89. The number of carbonyl (C=O) groups excluding carboxylic acids is 1. The predicted octanol–water partition coefficient (Wildman–Crippen LogP) is 2.14. The Morgan fingerprint density at radius 3 is 2.75 bits per heavy atom. The lowest BCUT2D eigenvalue weighted by molar-refractivity contribution is -0.115. The molecule has 6 nitrogen and oxygen atoms in total. The topological polar surface area (TPSA) is 74.8 Å². The smallest absolute Gasteiger partial charge is 0.243 e. The van der Waals surface area contributed by atoms with Crippen LogP contribution in [0.25, 0.3) is 0 Å².